The molecule has 3 aromatic heterocycles. The summed E-state index contributed by atoms with van der Waals surface area (Å²) in [7, 11) is -2.00. The quantitative estimate of drug-likeness (QED) is 0.156. The van der Waals surface area contributed by atoms with Gasteiger partial charge < -0.3 is 23.9 Å². The largest absolute Gasteiger partial charge is 0.461 e. The number of piperidine rings is 1. The predicted octanol–water partition coefficient (Wildman–Crippen LogP) is 8.57. The van der Waals surface area contributed by atoms with Crippen LogP contribution in [-0.2, 0) is 9.16 Å². The number of fused-ring (bicyclic) bond motifs is 3. The van der Waals surface area contributed by atoms with Crippen molar-refractivity contribution in [2.24, 2.45) is 5.92 Å². The first-order valence-electron chi connectivity index (χ1n) is 21.0. The number of hydrogen-bond acceptors (Lipinski definition) is 10. The van der Waals surface area contributed by atoms with Gasteiger partial charge >= 0.3 is 6.01 Å². The third-order valence-electron chi connectivity index (χ3n) is 13.9. The number of anilines is 1. The van der Waals surface area contributed by atoms with Gasteiger partial charge in [0.1, 0.15) is 29.8 Å². The number of pyridine rings is 1. The van der Waals surface area contributed by atoms with Crippen LogP contribution < -0.4 is 9.64 Å². The molecule has 11 nitrogen and oxygen atoms in total. The Hall–Kier alpha value is -3.01. The summed E-state index contributed by atoms with van der Waals surface area (Å²) in [6.45, 7) is 14.9. The lowest BCUT2D eigenvalue weighted by molar-refractivity contribution is -0.0366. The van der Waals surface area contributed by atoms with E-state index >= 15 is 4.39 Å². The summed E-state index contributed by atoms with van der Waals surface area (Å²) < 4.78 is 53.5. The molecule has 0 bridgehead atoms. The van der Waals surface area contributed by atoms with Gasteiger partial charge in [0.2, 0.25) is 0 Å². The zero-order valence-corrected chi connectivity index (χ0v) is 35.6. The summed E-state index contributed by atoms with van der Waals surface area (Å²) in [6, 6.07) is 1.98. The van der Waals surface area contributed by atoms with Crippen molar-refractivity contribution in [2.45, 2.75) is 127 Å². The summed E-state index contributed by atoms with van der Waals surface area (Å²) in [5.74, 6) is 0.125. The monoisotopic (exact) mass is 823 g/mol. The molecule has 1 saturated carbocycles. The highest BCUT2D eigenvalue weighted by Crippen LogP contribution is 2.55. The molecule has 0 spiro atoms. The molecule has 4 aliphatic heterocycles. The molecule has 15 heteroatoms. The second-order valence-corrected chi connectivity index (χ2v) is 24.0. The minimum Gasteiger partial charge on any atom is -0.461 e. The Kier molecular flexibility index (Phi) is 10.3. The molecular formula is C42H56ClF2N7O4Si. The topological polar surface area (TPSA) is 111 Å². The van der Waals surface area contributed by atoms with Crippen LogP contribution in [0.1, 0.15) is 96.3 Å². The number of aromatic nitrogens is 5. The molecule has 1 unspecified atom stereocenters. The van der Waals surface area contributed by atoms with Gasteiger partial charge in [-0.15, -0.1) is 0 Å². The van der Waals surface area contributed by atoms with E-state index in [0.29, 0.717) is 67.5 Å². The highest BCUT2D eigenvalue weighted by Gasteiger charge is 2.50. The van der Waals surface area contributed by atoms with Crippen LogP contribution in [0.15, 0.2) is 18.5 Å². The fourth-order valence-corrected chi connectivity index (χ4v) is 10.9. The molecule has 5 fully saturated rings. The van der Waals surface area contributed by atoms with E-state index in [4.69, 9.17) is 45.6 Å². The maximum absolute atomic E-state index is 17.7. The first kappa shape index (κ1) is 39.4. The maximum atomic E-state index is 17.7. The van der Waals surface area contributed by atoms with Crippen molar-refractivity contribution in [3.8, 4) is 17.3 Å². The third kappa shape index (κ3) is 7.23. The van der Waals surface area contributed by atoms with E-state index in [1.807, 2.05) is 15.6 Å². The Morgan fingerprint density at radius 2 is 1.91 bits per heavy atom. The molecule has 1 aliphatic carbocycles. The van der Waals surface area contributed by atoms with Crippen molar-refractivity contribution in [1.82, 2.24) is 29.6 Å². The number of benzene rings is 1. The maximum Gasteiger partial charge on any atom is 0.319 e. The number of rotatable bonds is 10. The number of alkyl halides is 1. The van der Waals surface area contributed by atoms with Gasteiger partial charge in [-0.25, -0.2) is 13.5 Å². The molecule has 1 aromatic carbocycles. The first-order chi connectivity index (χ1) is 27.2. The number of ether oxygens (including phenoxy) is 2. The minimum atomic E-state index is -2.00. The Labute approximate surface area is 339 Å². The second-order valence-electron chi connectivity index (χ2n) is 18.8. The normalized spacial score (nSPS) is 28.4. The van der Waals surface area contributed by atoms with Crippen LogP contribution in [0.3, 0.4) is 0 Å². The van der Waals surface area contributed by atoms with E-state index in [0.717, 1.165) is 68.0 Å². The summed E-state index contributed by atoms with van der Waals surface area (Å²) >= 11 is 7.31. The van der Waals surface area contributed by atoms with E-state index < -0.39 is 31.9 Å². The van der Waals surface area contributed by atoms with E-state index in [-0.39, 0.29) is 46.9 Å². The van der Waals surface area contributed by atoms with Crippen molar-refractivity contribution in [2.75, 3.05) is 50.9 Å². The highest BCUT2D eigenvalue weighted by atomic mass is 35.5. The van der Waals surface area contributed by atoms with Gasteiger partial charge in [-0.1, -0.05) is 32.4 Å². The van der Waals surface area contributed by atoms with Crippen LogP contribution in [0.25, 0.3) is 33.1 Å². The summed E-state index contributed by atoms with van der Waals surface area (Å²) in [5, 5.41) is 17.3. The van der Waals surface area contributed by atoms with Gasteiger partial charge in [0.15, 0.2) is 20.4 Å². The first-order valence-corrected chi connectivity index (χ1v) is 24.3. The molecule has 4 saturated heterocycles. The summed E-state index contributed by atoms with van der Waals surface area (Å²) in [4.78, 5) is 18.6. The van der Waals surface area contributed by atoms with Gasteiger partial charge in [0, 0.05) is 61.4 Å². The highest BCUT2D eigenvalue weighted by molar-refractivity contribution is 6.74. The molecule has 0 radical (unpaired) electrons. The van der Waals surface area contributed by atoms with Crippen LogP contribution in [0.4, 0.5) is 14.6 Å². The van der Waals surface area contributed by atoms with Gasteiger partial charge in [0.05, 0.1) is 28.7 Å². The van der Waals surface area contributed by atoms with Crippen LogP contribution in [0.2, 0.25) is 23.2 Å². The third-order valence-corrected chi connectivity index (χ3v) is 18.7. The van der Waals surface area contributed by atoms with Crippen LogP contribution in [0, 0.1) is 11.7 Å². The van der Waals surface area contributed by atoms with Crippen molar-refractivity contribution in [3.63, 3.8) is 0 Å². The van der Waals surface area contributed by atoms with Gasteiger partial charge in [-0.3, -0.25) is 9.88 Å². The Morgan fingerprint density at radius 1 is 1.07 bits per heavy atom. The molecule has 5 aliphatic rings. The fourth-order valence-electron chi connectivity index (χ4n) is 9.55. The number of β-amino-alcohol motifs (C(OH)–C–C–N with tert-alkyl or cyclic N) is 1. The molecule has 308 valence electrons. The Bertz CT molecular complexity index is 2160. The summed E-state index contributed by atoms with van der Waals surface area (Å²) in [5.41, 5.74) is 1.99. The lowest BCUT2D eigenvalue weighted by Crippen LogP contribution is -2.43. The zero-order chi connectivity index (χ0) is 39.9. The van der Waals surface area contributed by atoms with E-state index in [1.54, 1.807) is 12.4 Å². The molecular weight excluding hydrogens is 768 g/mol. The van der Waals surface area contributed by atoms with Crippen molar-refractivity contribution < 1.29 is 27.8 Å². The number of hydrogen-bond donors (Lipinski definition) is 1. The SMILES string of the molecule is CC(C)(C)[Si](C)(C)OC[C@@H]1C[C@@H]1c1c(Cl)cc2c(cnn2C2CCCCO2)c1-c1ncc2c(N3CCC[C@@H](O)C3)nc(OC[C@@]34CCCN3C[C@H](F)C4)nc2c1F. The van der Waals surface area contributed by atoms with E-state index in [2.05, 4.69) is 38.8 Å². The summed E-state index contributed by atoms with van der Waals surface area (Å²) in [6.07, 6.45) is 9.07. The van der Waals surface area contributed by atoms with Crippen LogP contribution >= 0.6 is 11.6 Å². The number of halogens is 3. The van der Waals surface area contributed by atoms with Crippen LogP contribution in [0.5, 0.6) is 6.01 Å². The van der Waals surface area contributed by atoms with Crippen molar-refractivity contribution >= 4 is 47.5 Å². The fraction of sp³-hybridized carbons (Fsp3) is 0.667. The van der Waals surface area contributed by atoms with Gasteiger partial charge in [0.25, 0.3) is 0 Å². The van der Waals surface area contributed by atoms with Crippen molar-refractivity contribution in [3.05, 3.63) is 34.9 Å². The standard InChI is InChI=1S/C42H56ClF2N7O4Si/c1-41(2,3)57(4,5)56-23-25-16-28(25)34-31(43)17-32-29(20-47-52(32)33-11-6-7-15-54-33)35(34)38-36(45)37-30(19-46-38)39(50-13-8-10-27(53)22-50)49-40(48-37)55-24-42-12-9-14-51(42)21-26(44)18-42/h17,19-20,25-28,33,53H,6-16,18,21-24H2,1-5H3/t25-,26+,27+,28-,33?,42-/m0/s1. The second kappa shape index (κ2) is 14.9. The Morgan fingerprint density at radius 3 is 2.68 bits per heavy atom. The van der Waals surface area contributed by atoms with Gasteiger partial charge in [-0.05, 0) is 99.5 Å². The zero-order valence-electron chi connectivity index (χ0n) is 33.9. The molecule has 7 heterocycles. The predicted molar refractivity (Wildman–Crippen MR) is 220 cm³/mol. The molecule has 1 N–H and O–H groups in total. The number of aliphatic hydroxyl groups is 1. The van der Waals surface area contributed by atoms with Gasteiger partial charge in [-0.2, -0.15) is 15.1 Å². The number of aliphatic hydroxyl groups excluding tert-OH is 1. The van der Waals surface area contributed by atoms with E-state index in [9.17, 15) is 9.50 Å². The lowest BCUT2D eigenvalue weighted by Gasteiger charge is -2.36. The molecule has 57 heavy (non-hydrogen) atoms. The van der Waals surface area contributed by atoms with E-state index in [1.165, 1.54) is 0 Å². The van der Waals surface area contributed by atoms with Crippen LogP contribution in [-0.4, -0.2) is 107 Å². The molecule has 6 atom stereocenters. The van der Waals surface area contributed by atoms with Crippen molar-refractivity contribution in [1.29, 1.82) is 0 Å². The average molecular weight is 824 g/mol. The smallest absolute Gasteiger partial charge is 0.319 e. The molecule has 4 aromatic rings. The minimum absolute atomic E-state index is 0.0286. The number of nitrogens with zero attached hydrogens (tertiary/aromatic N) is 7. The molecule has 9 rings (SSSR count). The Balaban J connectivity index is 1.16. The average Bonchev–Trinajstić information content (AvgIpc) is 3.46. The molecule has 0 amide bonds. The lowest BCUT2D eigenvalue weighted by atomic mass is 9.94.